The molecule has 1 aromatic carbocycles. The molecule has 1 heterocycles. The Morgan fingerprint density at radius 1 is 1.41 bits per heavy atom. The average Bonchev–Trinajstić information content (AvgIpc) is 2.60. The molecule has 5 heteroatoms. The summed E-state index contributed by atoms with van der Waals surface area (Å²) in [5.41, 5.74) is 7.95. The first kappa shape index (κ1) is 11.9. The third-order valence-electron chi connectivity index (χ3n) is 2.73. The third-order valence-corrected chi connectivity index (χ3v) is 3.04. The van der Waals surface area contributed by atoms with Crippen molar-refractivity contribution in [2.24, 2.45) is 7.05 Å². The van der Waals surface area contributed by atoms with E-state index in [9.17, 15) is 4.39 Å². The first-order chi connectivity index (χ1) is 8.00. The molecule has 0 aliphatic heterocycles. The minimum absolute atomic E-state index is 0.478. The van der Waals surface area contributed by atoms with Crippen molar-refractivity contribution >= 4 is 17.4 Å². The minimum Gasteiger partial charge on any atom is -0.383 e. The van der Waals surface area contributed by atoms with E-state index in [-0.39, 0.29) is 0 Å². The Hall–Kier alpha value is -1.55. The Morgan fingerprint density at radius 3 is 2.59 bits per heavy atom. The zero-order chi connectivity index (χ0) is 12.6. The van der Waals surface area contributed by atoms with Crippen molar-refractivity contribution in [3.63, 3.8) is 0 Å². The van der Waals surface area contributed by atoms with Gasteiger partial charge in [0.2, 0.25) is 0 Å². The summed E-state index contributed by atoms with van der Waals surface area (Å²) >= 11 is 6.13. The summed E-state index contributed by atoms with van der Waals surface area (Å²) < 4.78 is 14.7. The van der Waals surface area contributed by atoms with Gasteiger partial charge in [0.05, 0.1) is 6.20 Å². The number of rotatable bonds is 2. The van der Waals surface area contributed by atoms with Gasteiger partial charge in [0.25, 0.3) is 0 Å². The summed E-state index contributed by atoms with van der Waals surface area (Å²) in [5, 5.41) is 4.53. The zero-order valence-electron chi connectivity index (χ0n) is 9.61. The number of nitrogens with zero attached hydrogens (tertiary/aromatic N) is 2. The number of aryl methyl sites for hydroxylation is 1. The van der Waals surface area contributed by atoms with E-state index in [0.717, 1.165) is 11.1 Å². The van der Waals surface area contributed by atoms with Crippen LogP contribution in [0.5, 0.6) is 0 Å². The van der Waals surface area contributed by atoms with E-state index >= 15 is 0 Å². The van der Waals surface area contributed by atoms with E-state index in [2.05, 4.69) is 5.10 Å². The van der Waals surface area contributed by atoms with Gasteiger partial charge in [0.15, 0.2) is 0 Å². The number of halogens is 2. The smallest absolute Gasteiger partial charge is 0.129 e. The van der Waals surface area contributed by atoms with Crippen molar-refractivity contribution in [3.8, 4) is 11.1 Å². The second-order valence-electron chi connectivity index (χ2n) is 3.92. The van der Waals surface area contributed by atoms with Gasteiger partial charge in [0.1, 0.15) is 12.0 Å². The molecule has 2 rings (SSSR count). The maximum absolute atomic E-state index is 13.1. The highest BCUT2D eigenvalue weighted by Crippen LogP contribution is 2.33. The van der Waals surface area contributed by atoms with Gasteiger partial charge in [-0.15, -0.1) is 0 Å². The molecule has 90 valence electrons. The molecule has 0 saturated heterocycles. The molecule has 3 nitrogen and oxygen atoms in total. The maximum atomic E-state index is 13.1. The fraction of sp³-hybridized carbons (Fsp3) is 0.250. The van der Waals surface area contributed by atoms with Gasteiger partial charge in [-0.05, 0) is 18.6 Å². The van der Waals surface area contributed by atoms with E-state index in [1.54, 1.807) is 36.1 Å². The Balaban J connectivity index is 2.50. The quantitative estimate of drug-likeness (QED) is 0.892. The largest absolute Gasteiger partial charge is 0.383 e. The van der Waals surface area contributed by atoms with Crippen molar-refractivity contribution < 1.29 is 4.39 Å². The van der Waals surface area contributed by atoms with Crippen LogP contribution in [0, 0.1) is 0 Å². The van der Waals surface area contributed by atoms with Gasteiger partial charge in [0, 0.05) is 23.2 Å². The lowest BCUT2D eigenvalue weighted by Crippen LogP contribution is -1.98. The molecule has 0 aliphatic carbocycles. The van der Waals surface area contributed by atoms with E-state index in [1.807, 2.05) is 0 Å². The van der Waals surface area contributed by atoms with Gasteiger partial charge in [-0.1, -0.05) is 23.7 Å². The SMILES string of the molecule is CC(F)c1ccc(-c2cnn(C)c2N)c(Cl)c1. The van der Waals surface area contributed by atoms with Crippen LogP contribution in [0.4, 0.5) is 10.2 Å². The number of alkyl halides is 1. The van der Waals surface area contributed by atoms with Crippen LogP contribution < -0.4 is 5.73 Å². The third kappa shape index (κ3) is 2.13. The average molecular weight is 254 g/mol. The molecule has 0 fully saturated rings. The van der Waals surface area contributed by atoms with Crippen molar-refractivity contribution in [3.05, 3.63) is 35.0 Å². The molecule has 0 aliphatic rings. The highest BCUT2D eigenvalue weighted by molar-refractivity contribution is 6.33. The van der Waals surface area contributed by atoms with Crippen LogP contribution in [0.1, 0.15) is 18.7 Å². The number of nitrogen functional groups attached to an aromatic ring is 1. The van der Waals surface area contributed by atoms with Crippen LogP contribution in [-0.2, 0) is 7.05 Å². The van der Waals surface area contributed by atoms with Crippen molar-refractivity contribution in [2.75, 3.05) is 5.73 Å². The Morgan fingerprint density at radius 2 is 2.12 bits per heavy atom. The zero-order valence-corrected chi connectivity index (χ0v) is 10.4. The summed E-state index contributed by atoms with van der Waals surface area (Å²) in [7, 11) is 1.75. The van der Waals surface area contributed by atoms with Gasteiger partial charge >= 0.3 is 0 Å². The highest BCUT2D eigenvalue weighted by atomic mass is 35.5. The van der Waals surface area contributed by atoms with E-state index in [4.69, 9.17) is 17.3 Å². The monoisotopic (exact) mass is 253 g/mol. The molecule has 17 heavy (non-hydrogen) atoms. The molecular weight excluding hydrogens is 241 g/mol. The number of hydrogen-bond acceptors (Lipinski definition) is 2. The first-order valence-corrected chi connectivity index (χ1v) is 5.60. The standard InChI is InChI=1S/C12H13ClFN3/c1-7(14)8-3-4-9(11(13)5-8)10-6-16-17(2)12(10)15/h3-7H,15H2,1-2H3. The molecule has 1 atom stereocenters. The van der Waals surface area contributed by atoms with Crippen molar-refractivity contribution in [1.29, 1.82) is 0 Å². The van der Waals surface area contributed by atoms with Gasteiger partial charge < -0.3 is 5.73 Å². The van der Waals surface area contributed by atoms with E-state index in [0.29, 0.717) is 16.4 Å². The summed E-state index contributed by atoms with van der Waals surface area (Å²) in [6, 6.07) is 5.09. The van der Waals surface area contributed by atoms with Crippen molar-refractivity contribution in [2.45, 2.75) is 13.1 Å². The van der Waals surface area contributed by atoms with Crippen LogP contribution in [0.15, 0.2) is 24.4 Å². The van der Waals surface area contributed by atoms with Gasteiger partial charge in [-0.3, -0.25) is 4.68 Å². The topological polar surface area (TPSA) is 43.8 Å². The summed E-state index contributed by atoms with van der Waals surface area (Å²) in [4.78, 5) is 0. The predicted octanol–water partition coefficient (Wildman–Crippen LogP) is 3.35. The van der Waals surface area contributed by atoms with Crippen LogP contribution in [-0.4, -0.2) is 9.78 Å². The van der Waals surface area contributed by atoms with Crippen LogP contribution in [0.25, 0.3) is 11.1 Å². The second kappa shape index (κ2) is 4.37. The fourth-order valence-corrected chi connectivity index (χ4v) is 1.94. The van der Waals surface area contributed by atoms with Crippen LogP contribution >= 0.6 is 11.6 Å². The molecule has 0 amide bonds. The molecule has 0 spiro atoms. The molecule has 1 aromatic heterocycles. The van der Waals surface area contributed by atoms with Crippen molar-refractivity contribution in [1.82, 2.24) is 9.78 Å². The van der Waals surface area contributed by atoms with Crippen LogP contribution in [0.3, 0.4) is 0 Å². The van der Waals surface area contributed by atoms with Gasteiger partial charge in [-0.2, -0.15) is 5.10 Å². The fourth-order valence-electron chi connectivity index (χ4n) is 1.65. The van der Waals surface area contributed by atoms with Crippen LogP contribution in [0.2, 0.25) is 5.02 Å². The summed E-state index contributed by atoms with van der Waals surface area (Å²) in [6.07, 6.45) is 0.613. The number of nitrogens with two attached hydrogens (primary N) is 1. The predicted molar refractivity (Wildman–Crippen MR) is 67.6 cm³/mol. The second-order valence-corrected chi connectivity index (χ2v) is 4.33. The lowest BCUT2D eigenvalue weighted by atomic mass is 10.0. The lowest BCUT2D eigenvalue weighted by Gasteiger charge is -2.07. The first-order valence-electron chi connectivity index (χ1n) is 5.22. The molecule has 0 saturated carbocycles. The Labute approximate surface area is 104 Å². The highest BCUT2D eigenvalue weighted by Gasteiger charge is 2.12. The normalized spacial score (nSPS) is 12.7. The van der Waals surface area contributed by atoms with Gasteiger partial charge in [-0.25, -0.2) is 4.39 Å². The molecule has 2 N–H and O–H groups in total. The number of anilines is 1. The number of benzene rings is 1. The van der Waals surface area contributed by atoms with E-state index < -0.39 is 6.17 Å². The van der Waals surface area contributed by atoms with E-state index in [1.165, 1.54) is 6.92 Å². The maximum Gasteiger partial charge on any atom is 0.129 e. The molecular formula is C12H13ClFN3. The summed E-state index contributed by atoms with van der Waals surface area (Å²) in [6.45, 7) is 1.48. The number of aromatic nitrogens is 2. The molecule has 2 aromatic rings. The molecule has 0 radical (unpaired) electrons. The summed E-state index contributed by atoms with van der Waals surface area (Å²) in [5.74, 6) is 0.535. The number of hydrogen-bond donors (Lipinski definition) is 1. The Kier molecular flexibility index (Phi) is 3.07. The minimum atomic E-state index is -1.03. The molecule has 0 bridgehead atoms. The Bertz CT molecular complexity index is 549. The molecule has 1 unspecified atom stereocenters. The lowest BCUT2D eigenvalue weighted by molar-refractivity contribution is 0.374.